The largest absolute Gasteiger partial charge is 0.465 e. The molecule has 4 heteroatoms. The Morgan fingerprint density at radius 3 is 2.59 bits per heavy atom. The summed E-state index contributed by atoms with van der Waals surface area (Å²) >= 11 is 0. The lowest BCUT2D eigenvalue weighted by molar-refractivity contribution is -0.151. The van der Waals surface area contributed by atoms with Crippen molar-refractivity contribution in [3.63, 3.8) is 0 Å². The topological polar surface area (TPSA) is 41.6 Å². The molecule has 1 rings (SSSR count). The standard InChI is InChI=1S/C13H26N2O2/c1-6-17-12(16)13(3,14-4)9-10(2)15(5)11-7-8-11/h10-11,14H,6-9H2,1-5H3. The van der Waals surface area contributed by atoms with E-state index in [1.165, 1.54) is 12.8 Å². The lowest BCUT2D eigenvalue weighted by Crippen LogP contribution is -2.52. The SMILES string of the molecule is CCOC(=O)C(C)(CC(C)N(C)C1CC1)NC. The first-order valence-electron chi connectivity index (χ1n) is 6.52. The van der Waals surface area contributed by atoms with E-state index >= 15 is 0 Å². The Morgan fingerprint density at radius 1 is 1.59 bits per heavy atom. The molecule has 0 aromatic heterocycles. The van der Waals surface area contributed by atoms with E-state index in [2.05, 4.69) is 24.2 Å². The van der Waals surface area contributed by atoms with E-state index in [0.717, 1.165) is 6.42 Å². The first kappa shape index (κ1) is 14.5. The van der Waals surface area contributed by atoms with Crippen LogP contribution in [0.15, 0.2) is 0 Å². The summed E-state index contributed by atoms with van der Waals surface area (Å²) in [7, 11) is 3.96. The average molecular weight is 242 g/mol. The van der Waals surface area contributed by atoms with Crippen LogP contribution in [0, 0.1) is 0 Å². The van der Waals surface area contributed by atoms with Crippen LogP contribution < -0.4 is 5.32 Å². The van der Waals surface area contributed by atoms with Gasteiger partial charge in [0.05, 0.1) is 6.61 Å². The normalized spacial score (nSPS) is 21.1. The zero-order valence-corrected chi connectivity index (χ0v) is 11.7. The molecule has 0 aromatic carbocycles. The maximum absolute atomic E-state index is 11.9. The Labute approximate surface area is 105 Å². The molecule has 1 fully saturated rings. The van der Waals surface area contributed by atoms with Crippen molar-refractivity contribution in [2.45, 2.75) is 57.7 Å². The molecule has 1 aliphatic carbocycles. The van der Waals surface area contributed by atoms with Gasteiger partial charge in [-0.25, -0.2) is 0 Å². The highest BCUT2D eigenvalue weighted by Gasteiger charge is 2.38. The van der Waals surface area contributed by atoms with Crippen LogP contribution >= 0.6 is 0 Å². The molecule has 1 aliphatic rings. The van der Waals surface area contributed by atoms with Gasteiger partial charge in [-0.15, -0.1) is 0 Å². The number of rotatable bonds is 7. The molecule has 100 valence electrons. The van der Waals surface area contributed by atoms with E-state index in [1.807, 2.05) is 20.9 Å². The molecule has 4 nitrogen and oxygen atoms in total. The van der Waals surface area contributed by atoms with Gasteiger partial charge >= 0.3 is 5.97 Å². The molecular formula is C13H26N2O2. The minimum atomic E-state index is -0.585. The summed E-state index contributed by atoms with van der Waals surface area (Å²) in [6.45, 7) is 6.37. The van der Waals surface area contributed by atoms with Crippen LogP contribution in [-0.4, -0.2) is 49.2 Å². The molecule has 0 aliphatic heterocycles. The number of hydrogen-bond acceptors (Lipinski definition) is 4. The molecule has 1 saturated carbocycles. The van der Waals surface area contributed by atoms with Crippen LogP contribution in [0.2, 0.25) is 0 Å². The second-order valence-corrected chi connectivity index (χ2v) is 5.25. The number of nitrogens with one attached hydrogen (secondary N) is 1. The smallest absolute Gasteiger partial charge is 0.326 e. The van der Waals surface area contributed by atoms with E-state index < -0.39 is 5.54 Å². The minimum Gasteiger partial charge on any atom is -0.465 e. The molecule has 17 heavy (non-hydrogen) atoms. The highest BCUT2D eigenvalue weighted by molar-refractivity contribution is 5.80. The highest BCUT2D eigenvalue weighted by atomic mass is 16.5. The van der Waals surface area contributed by atoms with Crippen LogP contribution in [-0.2, 0) is 9.53 Å². The molecule has 0 spiro atoms. The zero-order valence-electron chi connectivity index (χ0n) is 11.7. The fourth-order valence-corrected chi connectivity index (χ4v) is 2.15. The first-order chi connectivity index (χ1) is 7.94. The van der Waals surface area contributed by atoms with Gasteiger partial charge in [0, 0.05) is 12.1 Å². The van der Waals surface area contributed by atoms with Crippen LogP contribution in [0.1, 0.15) is 40.0 Å². The number of hydrogen-bond donors (Lipinski definition) is 1. The molecule has 0 bridgehead atoms. The summed E-state index contributed by atoms with van der Waals surface area (Å²) in [5, 5.41) is 3.11. The van der Waals surface area contributed by atoms with Crippen molar-refractivity contribution in [1.29, 1.82) is 0 Å². The number of carbonyl (C=O) groups is 1. The fourth-order valence-electron chi connectivity index (χ4n) is 2.15. The molecular weight excluding hydrogens is 216 g/mol. The Hall–Kier alpha value is -0.610. The van der Waals surface area contributed by atoms with Crippen LogP contribution in [0.25, 0.3) is 0 Å². The third-order valence-corrected chi connectivity index (χ3v) is 3.80. The summed E-state index contributed by atoms with van der Waals surface area (Å²) in [5.74, 6) is -0.154. The molecule has 1 N–H and O–H groups in total. The van der Waals surface area contributed by atoms with Gasteiger partial charge in [-0.2, -0.15) is 0 Å². The summed E-state index contributed by atoms with van der Waals surface area (Å²) < 4.78 is 5.13. The van der Waals surface area contributed by atoms with Gasteiger partial charge in [-0.3, -0.25) is 4.79 Å². The van der Waals surface area contributed by atoms with Gasteiger partial charge in [0.15, 0.2) is 0 Å². The van der Waals surface area contributed by atoms with Gasteiger partial charge in [0.1, 0.15) is 5.54 Å². The summed E-state index contributed by atoms with van der Waals surface area (Å²) in [4.78, 5) is 14.3. The molecule has 0 amide bonds. The zero-order chi connectivity index (χ0) is 13.1. The number of likely N-dealkylation sites (N-methyl/N-ethyl adjacent to an activating group) is 1. The molecule has 2 unspecified atom stereocenters. The third-order valence-electron chi connectivity index (χ3n) is 3.80. The minimum absolute atomic E-state index is 0.154. The maximum Gasteiger partial charge on any atom is 0.326 e. The number of ether oxygens (including phenoxy) is 1. The van der Waals surface area contributed by atoms with Crippen molar-refractivity contribution in [1.82, 2.24) is 10.2 Å². The van der Waals surface area contributed by atoms with Crippen LogP contribution in [0.3, 0.4) is 0 Å². The molecule has 2 atom stereocenters. The molecule has 0 saturated heterocycles. The quantitative estimate of drug-likeness (QED) is 0.685. The second-order valence-electron chi connectivity index (χ2n) is 5.25. The third kappa shape index (κ3) is 3.68. The lowest BCUT2D eigenvalue weighted by Gasteiger charge is -2.33. The average Bonchev–Trinajstić information content (AvgIpc) is 3.11. The predicted octanol–water partition coefficient (Wildman–Crippen LogP) is 1.40. The van der Waals surface area contributed by atoms with Gasteiger partial charge in [-0.05, 0) is 54.1 Å². The van der Waals surface area contributed by atoms with E-state index in [1.54, 1.807) is 0 Å². The predicted molar refractivity (Wildman–Crippen MR) is 69.0 cm³/mol. The first-order valence-corrected chi connectivity index (χ1v) is 6.52. The fraction of sp³-hybridized carbons (Fsp3) is 0.923. The number of esters is 1. The molecule has 0 aromatic rings. The lowest BCUT2D eigenvalue weighted by atomic mass is 9.93. The molecule has 0 heterocycles. The van der Waals surface area contributed by atoms with Crippen molar-refractivity contribution in [3.8, 4) is 0 Å². The van der Waals surface area contributed by atoms with E-state index in [4.69, 9.17) is 4.74 Å². The van der Waals surface area contributed by atoms with E-state index in [-0.39, 0.29) is 5.97 Å². The van der Waals surface area contributed by atoms with Crippen molar-refractivity contribution in [2.75, 3.05) is 20.7 Å². The Morgan fingerprint density at radius 2 is 2.18 bits per heavy atom. The number of nitrogens with zero attached hydrogens (tertiary/aromatic N) is 1. The second kappa shape index (κ2) is 5.83. The highest BCUT2D eigenvalue weighted by Crippen LogP contribution is 2.29. The number of carbonyl (C=O) groups excluding carboxylic acids is 1. The van der Waals surface area contributed by atoms with Crippen LogP contribution in [0.4, 0.5) is 0 Å². The van der Waals surface area contributed by atoms with Crippen molar-refractivity contribution in [3.05, 3.63) is 0 Å². The van der Waals surface area contributed by atoms with Gasteiger partial charge in [0.25, 0.3) is 0 Å². The monoisotopic (exact) mass is 242 g/mol. The van der Waals surface area contributed by atoms with Gasteiger partial charge < -0.3 is 15.0 Å². The van der Waals surface area contributed by atoms with Gasteiger partial charge in [0.2, 0.25) is 0 Å². The van der Waals surface area contributed by atoms with Crippen molar-refractivity contribution in [2.24, 2.45) is 0 Å². The Kier molecular flexibility index (Phi) is 4.95. The van der Waals surface area contributed by atoms with Crippen molar-refractivity contribution >= 4 is 5.97 Å². The van der Waals surface area contributed by atoms with Crippen LogP contribution in [0.5, 0.6) is 0 Å². The molecule has 0 radical (unpaired) electrons. The summed E-state index contributed by atoms with van der Waals surface area (Å²) in [6, 6.07) is 1.10. The van der Waals surface area contributed by atoms with E-state index in [9.17, 15) is 4.79 Å². The Bertz CT molecular complexity index is 266. The maximum atomic E-state index is 11.9. The summed E-state index contributed by atoms with van der Waals surface area (Å²) in [5.41, 5.74) is -0.585. The Balaban J connectivity index is 2.56. The van der Waals surface area contributed by atoms with E-state index in [0.29, 0.717) is 18.7 Å². The van der Waals surface area contributed by atoms with Crippen molar-refractivity contribution < 1.29 is 9.53 Å². The summed E-state index contributed by atoms with van der Waals surface area (Å²) in [6.07, 6.45) is 3.35. The van der Waals surface area contributed by atoms with Gasteiger partial charge in [-0.1, -0.05) is 0 Å².